The first-order valence-electron chi connectivity index (χ1n) is 10.8. The summed E-state index contributed by atoms with van der Waals surface area (Å²) in [5.41, 5.74) is 2.09. The Kier molecular flexibility index (Phi) is 7.19. The molecular formula is C24H35N5O. The fraction of sp³-hybridized carbons (Fsp3) is 0.500. The molecule has 1 aromatic carbocycles. The third-order valence-corrected chi connectivity index (χ3v) is 5.11. The summed E-state index contributed by atoms with van der Waals surface area (Å²) in [5.74, 6) is 2.80. The maximum atomic E-state index is 6.10. The monoisotopic (exact) mass is 409 g/mol. The number of nitrogens with zero attached hydrogens (tertiary/aromatic N) is 3. The molecule has 30 heavy (non-hydrogen) atoms. The minimum absolute atomic E-state index is 0.226. The molecule has 0 aliphatic carbocycles. The molecule has 0 atom stereocenters. The van der Waals surface area contributed by atoms with Crippen molar-refractivity contribution in [3.8, 4) is 5.75 Å². The van der Waals surface area contributed by atoms with Gasteiger partial charge in [-0.25, -0.2) is 4.98 Å². The molecule has 1 saturated heterocycles. The number of pyridine rings is 1. The summed E-state index contributed by atoms with van der Waals surface area (Å²) >= 11 is 0. The molecule has 1 aliphatic heterocycles. The number of nitrogens with one attached hydrogen (secondary N) is 2. The second kappa shape index (κ2) is 9.83. The molecule has 0 unspecified atom stereocenters. The number of para-hydroxylation sites is 1. The highest BCUT2D eigenvalue weighted by Gasteiger charge is 2.21. The van der Waals surface area contributed by atoms with Gasteiger partial charge in [0.15, 0.2) is 5.96 Å². The first-order valence-corrected chi connectivity index (χ1v) is 10.8. The number of anilines is 1. The first-order chi connectivity index (χ1) is 14.3. The lowest BCUT2D eigenvalue weighted by Crippen LogP contribution is -2.48. The summed E-state index contributed by atoms with van der Waals surface area (Å²) in [4.78, 5) is 11.3. The maximum absolute atomic E-state index is 6.10. The van der Waals surface area contributed by atoms with Crippen molar-refractivity contribution >= 4 is 11.8 Å². The van der Waals surface area contributed by atoms with Crippen LogP contribution in [0.1, 0.15) is 44.7 Å². The van der Waals surface area contributed by atoms with Gasteiger partial charge in [0.2, 0.25) is 0 Å². The average Bonchev–Trinajstić information content (AvgIpc) is 2.72. The number of aromatic nitrogens is 1. The van der Waals surface area contributed by atoms with Crippen molar-refractivity contribution in [2.24, 2.45) is 4.99 Å². The van der Waals surface area contributed by atoms with E-state index >= 15 is 0 Å². The van der Waals surface area contributed by atoms with Gasteiger partial charge >= 0.3 is 0 Å². The zero-order valence-electron chi connectivity index (χ0n) is 18.9. The summed E-state index contributed by atoms with van der Waals surface area (Å²) in [5, 5.41) is 7.02. The van der Waals surface area contributed by atoms with Crippen LogP contribution in [0.2, 0.25) is 0 Å². The molecule has 0 saturated carbocycles. The largest absolute Gasteiger partial charge is 0.488 e. The Hall–Kier alpha value is -2.76. The number of benzene rings is 1. The lowest BCUT2D eigenvalue weighted by molar-refractivity contribution is 0.129. The van der Waals surface area contributed by atoms with Crippen LogP contribution < -0.4 is 20.3 Å². The van der Waals surface area contributed by atoms with Gasteiger partial charge in [-0.05, 0) is 58.2 Å². The van der Waals surface area contributed by atoms with Crippen molar-refractivity contribution in [1.29, 1.82) is 0 Å². The van der Waals surface area contributed by atoms with E-state index in [1.165, 1.54) is 5.56 Å². The Morgan fingerprint density at radius 1 is 1.17 bits per heavy atom. The molecule has 2 N–H and O–H groups in total. The summed E-state index contributed by atoms with van der Waals surface area (Å²) in [6, 6.07) is 12.8. The van der Waals surface area contributed by atoms with E-state index in [9.17, 15) is 0 Å². The Morgan fingerprint density at radius 3 is 2.53 bits per heavy atom. The minimum Gasteiger partial charge on any atom is -0.488 e. The number of guanidine groups is 1. The van der Waals surface area contributed by atoms with Crippen LogP contribution >= 0.6 is 0 Å². The van der Waals surface area contributed by atoms with E-state index in [2.05, 4.69) is 71.4 Å². The molecule has 2 heterocycles. The van der Waals surface area contributed by atoms with E-state index in [4.69, 9.17) is 4.74 Å². The van der Waals surface area contributed by atoms with Crippen molar-refractivity contribution in [1.82, 2.24) is 15.6 Å². The predicted molar refractivity (Wildman–Crippen MR) is 124 cm³/mol. The van der Waals surface area contributed by atoms with Crippen LogP contribution in [0.4, 0.5) is 5.82 Å². The maximum Gasteiger partial charge on any atom is 0.191 e. The SMILES string of the molecule is CN=C(NCc1ccccc1OC(C)(C)C)NC1CCN(c2ccc(C)cn2)CC1. The van der Waals surface area contributed by atoms with E-state index in [-0.39, 0.29) is 5.60 Å². The third-order valence-electron chi connectivity index (χ3n) is 5.11. The number of hydrogen-bond donors (Lipinski definition) is 2. The van der Waals surface area contributed by atoms with Crippen molar-refractivity contribution in [2.45, 2.75) is 58.7 Å². The topological polar surface area (TPSA) is 61.8 Å². The Balaban J connectivity index is 1.51. The van der Waals surface area contributed by atoms with Crippen LogP contribution in [0.5, 0.6) is 5.75 Å². The molecular weight excluding hydrogens is 374 g/mol. The lowest BCUT2D eigenvalue weighted by Gasteiger charge is -2.34. The molecule has 0 bridgehead atoms. The average molecular weight is 410 g/mol. The van der Waals surface area contributed by atoms with Gasteiger partial charge in [-0.1, -0.05) is 24.3 Å². The van der Waals surface area contributed by atoms with Crippen molar-refractivity contribution in [3.05, 3.63) is 53.7 Å². The van der Waals surface area contributed by atoms with Gasteiger partial charge in [-0.15, -0.1) is 0 Å². The molecule has 0 amide bonds. The number of piperidine rings is 1. The molecule has 162 valence electrons. The molecule has 6 heteroatoms. The number of rotatable bonds is 5. The van der Waals surface area contributed by atoms with Gasteiger partial charge in [0.1, 0.15) is 17.2 Å². The van der Waals surface area contributed by atoms with Gasteiger partial charge in [0.05, 0.1) is 0 Å². The normalized spacial score (nSPS) is 15.8. The molecule has 3 rings (SSSR count). The second-order valence-corrected chi connectivity index (χ2v) is 8.85. The highest BCUT2D eigenvalue weighted by atomic mass is 16.5. The van der Waals surface area contributed by atoms with Crippen LogP contribution in [0, 0.1) is 6.92 Å². The zero-order valence-corrected chi connectivity index (χ0v) is 18.9. The van der Waals surface area contributed by atoms with E-state index in [1.807, 2.05) is 31.4 Å². The summed E-state index contributed by atoms with van der Waals surface area (Å²) in [7, 11) is 1.82. The van der Waals surface area contributed by atoms with Crippen molar-refractivity contribution < 1.29 is 4.74 Å². The number of aliphatic imine (C=N–C) groups is 1. The summed E-state index contributed by atoms with van der Waals surface area (Å²) in [6.07, 6.45) is 4.05. The van der Waals surface area contributed by atoms with E-state index in [0.717, 1.165) is 49.0 Å². The van der Waals surface area contributed by atoms with Gasteiger partial charge < -0.3 is 20.3 Å². The fourth-order valence-electron chi connectivity index (χ4n) is 3.55. The molecule has 6 nitrogen and oxygen atoms in total. The van der Waals surface area contributed by atoms with Crippen LogP contribution in [0.25, 0.3) is 0 Å². The third kappa shape index (κ3) is 6.37. The lowest BCUT2D eigenvalue weighted by atomic mass is 10.1. The number of hydrogen-bond acceptors (Lipinski definition) is 4. The molecule has 2 aromatic rings. The number of ether oxygens (including phenoxy) is 1. The number of aryl methyl sites for hydroxylation is 1. The molecule has 0 spiro atoms. The standard InChI is InChI=1S/C24H35N5O/c1-18-10-11-22(26-16-18)29-14-12-20(13-15-29)28-23(25-5)27-17-19-8-6-7-9-21(19)30-24(2,3)4/h6-11,16,20H,12-15,17H2,1-5H3,(H2,25,27,28). The van der Waals surface area contributed by atoms with Crippen LogP contribution in [-0.2, 0) is 6.54 Å². The Bertz CT molecular complexity index is 833. The van der Waals surface area contributed by atoms with Gasteiger partial charge in [0, 0.05) is 44.5 Å². The van der Waals surface area contributed by atoms with E-state index < -0.39 is 0 Å². The Labute approximate surface area is 180 Å². The molecule has 1 aliphatic rings. The molecule has 1 aromatic heterocycles. The second-order valence-electron chi connectivity index (χ2n) is 8.85. The molecule has 0 radical (unpaired) electrons. The minimum atomic E-state index is -0.226. The summed E-state index contributed by atoms with van der Waals surface area (Å²) in [6.45, 7) is 10.9. The van der Waals surface area contributed by atoms with Crippen LogP contribution in [0.15, 0.2) is 47.6 Å². The quantitative estimate of drug-likeness (QED) is 0.579. The van der Waals surface area contributed by atoms with E-state index in [1.54, 1.807) is 0 Å². The first kappa shape index (κ1) is 21.9. The predicted octanol–water partition coefficient (Wildman–Crippen LogP) is 3.90. The summed E-state index contributed by atoms with van der Waals surface area (Å²) < 4.78 is 6.10. The van der Waals surface area contributed by atoms with Crippen molar-refractivity contribution in [2.75, 3.05) is 25.0 Å². The van der Waals surface area contributed by atoms with Gasteiger partial charge in [-0.2, -0.15) is 0 Å². The van der Waals surface area contributed by atoms with Crippen LogP contribution in [-0.4, -0.2) is 42.7 Å². The van der Waals surface area contributed by atoms with Gasteiger partial charge in [-0.3, -0.25) is 4.99 Å². The fourth-order valence-corrected chi connectivity index (χ4v) is 3.55. The van der Waals surface area contributed by atoms with Crippen molar-refractivity contribution in [3.63, 3.8) is 0 Å². The van der Waals surface area contributed by atoms with E-state index in [0.29, 0.717) is 12.6 Å². The van der Waals surface area contributed by atoms with Gasteiger partial charge in [0.25, 0.3) is 0 Å². The zero-order chi connectivity index (χ0) is 21.6. The highest BCUT2D eigenvalue weighted by Crippen LogP contribution is 2.23. The highest BCUT2D eigenvalue weighted by molar-refractivity contribution is 5.80. The molecule has 1 fully saturated rings. The van der Waals surface area contributed by atoms with Crippen LogP contribution in [0.3, 0.4) is 0 Å². The smallest absolute Gasteiger partial charge is 0.191 e. The Morgan fingerprint density at radius 2 is 1.90 bits per heavy atom.